The summed E-state index contributed by atoms with van der Waals surface area (Å²) in [6, 6.07) is 7.53. The molecule has 2 aromatic heterocycles. The molecule has 0 bridgehead atoms. The molecule has 43 heavy (non-hydrogen) atoms. The average Bonchev–Trinajstić information content (AvgIpc) is 3.67. The zero-order valence-electron chi connectivity index (χ0n) is 24.7. The predicted octanol–water partition coefficient (Wildman–Crippen LogP) is 2.15. The van der Waals surface area contributed by atoms with Crippen molar-refractivity contribution in [3.8, 4) is 5.75 Å². The van der Waals surface area contributed by atoms with Gasteiger partial charge >= 0.3 is 13.7 Å². The van der Waals surface area contributed by atoms with Crippen molar-refractivity contribution in [1.82, 2.24) is 24.6 Å². The number of para-hydroxylation sites is 1. The number of nitrogens with one attached hydrogen (secondary N) is 1. The van der Waals surface area contributed by atoms with Crippen molar-refractivity contribution in [2.45, 2.75) is 82.8 Å². The first kappa shape index (κ1) is 31.1. The lowest BCUT2D eigenvalue weighted by Crippen LogP contribution is -2.44. The Bertz CT molecular complexity index is 1500. The summed E-state index contributed by atoms with van der Waals surface area (Å²) in [6.07, 6.45) is -0.725. The van der Waals surface area contributed by atoms with Gasteiger partial charge in [0.05, 0.1) is 19.0 Å². The molecule has 0 spiro atoms. The third-order valence-electron chi connectivity index (χ3n) is 7.29. The molecule has 3 aromatic rings. The van der Waals surface area contributed by atoms with Gasteiger partial charge in [0.1, 0.15) is 29.6 Å². The molecule has 1 unspecified atom stereocenters. The normalized spacial score (nSPS) is 25.9. The van der Waals surface area contributed by atoms with Crippen molar-refractivity contribution in [2.24, 2.45) is 0 Å². The highest BCUT2D eigenvalue weighted by molar-refractivity contribution is 7.52. The van der Waals surface area contributed by atoms with Crippen LogP contribution in [0.25, 0.3) is 11.2 Å². The van der Waals surface area contributed by atoms with E-state index in [4.69, 9.17) is 24.3 Å². The lowest BCUT2D eigenvalue weighted by Gasteiger charge is -2.27. The number of aliphatic hydroxyl groups excluding tert-OH is 1. The fraction of sp³-hybridized carbons (Fsp3) is 0.556. The highest BCUT2D eigenvalue weighted by atomic mass is 31.2. The van der Waals surface area contributed by atoms with Gasteiger partial charge in [0.15, 0.2) is 23.2 Å². The van der Waals surface area contributed by atoms with Crippen LogP contribution in [0.15, 0.2) is 36.7 Å². The van der Waals surface area contributed by atoms with Gasteiger partial charge in [0, 0.05) is 13.1 Å². The molecule has 2 aliphatic rings. The van der Waals surface area contributed by atoms with E-state index in [1.54, 1.807) is 44.2 Å². The summed E-state index contributed by atoms with van der Waals surface area (Å²) in [6.45, 7) is 5.77. The SMILES string of the molecule is CC(C)OC(=O)[C@H](C)NP(=O)(OC[C@H]1O[C@@H](n2cnc3c(N(C)C4CC4)nc(N)nc32)[C@](C)(O)[C@@H]1O)Oc1ccccc1. The summed E-state index contributed by atoms with van der Waals surface area (Å²) in [5, 5.41) is 25.1. The number of nitrogens with zero attached hydrogens (tertiary/aromatic N) is 5. The molecular weight excluding hydrogens is 581 g/mol. The molecule has 2 fully saturated rings. The minimum atomic E-state index is -4.25. The summed E-state index contributed by atoms with van der Waals surface area (Å²) >= 11 is 0. The smallest absolute Gasteiger partial charge is 0.459 e. The number of imidazole rings is 1. The Morgan fingerprint density at radius 1 is 1.28 bits per heavy atom. The van der Waals surface area contributed by atoms with Crippen LogP contribution in [0.1, 0.15) is 46.8 Å². The van der Waals surface area contributed by atoms with Crippen LogP contribution in [-0.4, -0.2) is 85.4 Å². The highest BCUT2D eigenvalue weighted by Gasteiger charge is 2.54. The fourth-order valence-corrected chi connectivity index (χ4v) is 6.36. The number of carbonyl (C=O) groups is 1. The second-order valence-corrected chi connectivity index (χ2v) is 13.0. The summed E-state index contributed by atoms with van der Waals surface area (Å²) in [5.41, 5.74) is 4.95. The fourth-order valence-electron chi connectivity index (χ4n) is 4.85. The first-order valence-electron chi connectivity index (χ1n) is 14.1. The maximum Gasteiger partial charge on any atom is 0.459 e. The number of rotatable bonds is 12. The van der Waals surface area contributed by atoms with Crippen LogP contribution < -0.4 is 20.2 Å². The number of fused-ring (bicyclic) bond motifs is 1. The van der Waals surface area contributed by atoms with Gasteiger partial charge in [-0.25, -0.2) is 9.55 Å². The van der Waals surface area contributed by atoms with Crippen molar-refractivity contribution in [3.63, 3.8) is 0 Å². The number of esters is 1. The van der Waals surface area contributed by atoms with Gasteiger partial charge in [-0.15, -0.1) is 0 Å². The zero-order chi connectivity index (χ0) is 31.1. The number of benzene rings is 1. The van der Waals surface area contributed by atoms with Crippen molar-refractivity contribution in [1.29, 1.82) is 0 Å². The number of nitrogen functional groups attached to an aromatic ring is 1. The van der Waals surface area contributed by atoms with Crippen LogP contribution in [0.4, 0.5) is 11.8 Å². The maximum atomic E-state index is 13.9. The van der Waals surface area contributed by atoms with Crippen molar-refractivity contribution >= 4 is 36.6 Å². The van der Waals surface area contributed by atoms with Crippen molar-refractivity contribution in [3.05, 3.63) is 36.7 Å². The Labute approximate surface area is 248 Å². The standard InChI is InChI=1S/C27H38N7O8P/c1-15(2)40-24(36)16(3)32-43(38,42-18-9-7-6-8-10-18)39-13-19-21(35)27(4,37)25(41-19)34-14-29-20-22(33(5)17-11-12-17)30-26(28)31-23(20)34/h6-10,14-17,19,21,25,35,37H,11-13H2,1-5H3,(H,32,38)(H2,28,30,31)/t16-,19+,21+,25+,27+,43?/m0/s1. The van der Waals surface area contributed by atoms with Crippen LogP contribution >= 0.6 is 7.75 Å². The lowest BCUT2D eigenvalue weighted by atomic mass is 9.96. The molecule has 15 nitrogen and oxygen atoms in total. The third kappa shape index (κ3) is 6.61. The van der Waals surface area contributed by atoms with E-state index < -0.39 is 56.5 Å². The summed E-state index contributed by atoms with van der Waals surface area (Å²) in [7, 11) is -2.34. The van der Waals surface area contributed by atoms with Gasteiger partial charge in [0.2, 0.25) is 5.95 Å². The average molecular weight is 620 g/mol. The molecule has 234 valence electrons. The highest BCUT2D eigenvalue weighted by Crippen LogP contribution is 2.47. The van der Waals surface area contributed by atoms with Crippen LogP contribution in [-0.2, 0) is 23.4 Å². The van der Waals surface area contributed by atoms with Gasteiger partial charge in [-0.05, 0) is 52.7 Å². The molecule has 1 saturated heterocycles. The molecule has 5 rings (SSSR count). The summed E-state index contributed by atoms with van der Waals surface area (Å²) in [5.74, 6) is 0.132. The molecule has 1 aromatic carbocycles. The van der Waals surface area contributed by atoms with E-state index in [1.165, 1.54) is 24.7 Å². The third-order valence-corrected chi connectivity index (χ3v) is 8.93. The minimum absolute atomic E-state index is 0.0185. The van der Waals surface area contributed by atoms with Gasteiger partial charge in [-0.1, -0.05) is 18.2 Å². The van der Waals surface area contributed by atoms with Gasteiger partial charge < -0.3 is 34.8 Å². The van der Waals surface area contributed by atoms with Crippen molar-refractivity contribution in [2.75, 3.05) is 24.3 Å². The minimum Gasteiger partial charge on any atom is -0.462 e. The quantitative estimate of drug-likeness (QED) is 0.170. The van der Waals surface area contributed by atoms with Gasteiger partial charge in [-0.2, -0.15) is 15.1 Å². The Balaban J connectivity index is 1.37. The number of ether oxygens (including phenoxy) is 2. The molecule has 3 heterocycles. The molecule has 0 amide bonds. The van der Waals surface area contributed by atoms with Gasteiger partial charge in [0.25, 0.3) is 0 Å². The Kier molecular flexibility index (Phi) is 8.67. The molecule has 1 aliphatic carbocycles. The number of carbonyl (C=O) groups excluding carboxylic acids is 1. The van der Waals surface area contributed by atoms with E-state index in [0.29, 0.717) is 23.0 Å². The number of hydrogen-bond donors (Lipinski definition) is 4. The van der Waals surface area contributed by atoms with E-state index >= 15 is 0 Å². The Morgan fingerprint density at radius 3 is 2.63 bits per heavy atom. The molecule has 5 N–H and O–H groups in total. The van der Waals surface area contributed by atoms with E-state index in [0.717, 1.165) is 12.8 Å². The monoisotopic (exact) mass is 619 g/mol. The zero-order valence-corrected chi connectivity index (χ0v) is 25.5. The van der Waals surface area contributed by atoms with Crippen LogP contribution in [0.3, 0.4) is 0 Å². The first-order valence-corrected chi connectivity index (χ1v) is 15.6. The molecule has 0 radical (unpaired) electrons. The molecule has 16 heteroatoms. The Morgan fingerprint density at radius 2 is 1.98 bits per heavy atom. The summed E-state index contributed by atoms with van der Waals surface area (Å²) in [4.78, 5) is 27.6. The summed E-state index contributed by atoms with van der Waals surface area (Å²) < 4.78 is 38.0. The molecule has 1 saturated carbocycles. The maximum absolute atomic E-state index is 13.9. The molecule has 1 aliphatic heterocycles. The topological polar surface area (TPSA) is 196 Å². The van der Waals surface area contributed by atoms with Crippen LogP contribution in [0.5, 0.6) is 5.75 Å². The lowest BCUT2D eigenvalue weighted by molar-refractivity contribution is -0.149. The molecular formula is C27H38N7O8P. The number of nitrogens with two attached hydrogens (primary N) is 1. The second kappa shape index (κ2) is 12.0. The molecule has 6 atom stereocenters. The van der Waals surface area contributed by atoms with E-state index in [-0.39, 0.29) is 11.7 Å². The number of anilines is 2. The van der Waals surface area contributed by atoms with E-state index in [9.17, 15) is 19.6 Å². The second-order valence-electron chi connectivity index (χ2n) is 11.3. The van der Waals surface area contributed by atoms with E-state index in [1.807, 2.05) is 11.9 Å². The van der Waals surface area contributed by atoms with Crippen molar-refractivity contribution < 1.29 is 38.1 Å². The number of aromatic nitrogens is 4. The largest absolute Gasteiger partial charge is 0.462 e. The predicted molar refractivity (Wildman–Crippen MR) is 156 cm³/mol. The van der Waals surface area contributed by atoms with E-state index in [2.05, 4.69) is 20.0 Å². The van der Waals surface area contributed by atoms with Crippen LogP contribution in [0.2, 0.25) is 0 Å². The van der Waals surface area contributed by atoms with Crippen LogP contribution in [0, 0.1) is 0 Å². The first-order chi connectivity index (χ1) is 20.3. The Hall–Kier alpha value is -3.33. The number of aliphatic hydroxyl groups is 2. The number of hydrogen-bond acceptors (Lipinski definition) is 13. The van der Waals surface area contributed by atoms with Gasteiger partial charge in [-0.3, -0.25) is 13.9 Å².